The maximum absolute atomic E-state index is 13.4. The molecule has 0 radical (unpaired) electrons. The first-order chi connectivity index (χ1) is 14.3. The van der Waals surface area contributed by atoms with E-state index >= 15 is 0 Å². The van der Waals surface area contributed by atoms with Crippen molar-refractivity contribution in [3.8, 4) is 0 Å². The molecular formula is C22H26Cl2N4O2. The summed E-state index contributed by atoms with van der Waals surface area (Å²) in [5.74, 6) is 0.564. The number of carbonyl (C=O) groups is 2. The van der Waals surface area contributed by atoms with Crippen LogP contribution in [0.25, 0.3) is 0 Å². The first-order valence-electron chi connectivity index (χ1n) is 10.0. The van der Waals surface area contributed by atoms with Crippen molar-refractivity contribution in [3.63, 3.8) is 0 Å². The monoisotopic (exact) mass is 448 g/mol. The number of para-hydroxylation sites is 1. The minimum absolute atomic E-state index is 0.0495. The number of piperidine rings is 1. The van der Waals surface area contributed by atoms with E-state index < -0.39 is 0 Å². The standard InChI is InChI=1S/C22H26Cl2N4O2/c1-14(2)18-6-4-5-7-20(18)28(17-8-10-27(11-9-17)15(3)29)22(30)26-21-19(24)12-16(23)13-25-21/h4-7,12-14,17H,8-11H2,1-3H3,(H,25,26,30). The van der Waals surface area contributed by atoms with Gasteiger partial charge in [0.25, 0.3) is 0 Å². The molecule has 1 aliphatic heterocycles. The van der Waals surface area contributed by atoms with Crippen LogP contribution in [-0.2, 0) is 4.79 Å². The van der Waals surface area contributed by atoms with E-state index in [2.05, 4.69) is 24.1 Å². The lowest BCUT2D eigenvalue weighted by atomic mass is 9.97. The Morgan fingerprint density at radius 3 is 2.47 bits per heavy atom. The van der Waals surface area contributed by atoms with Crippen molar-refractivity contribution in [1.82, 2.24) is 9.88 Å². The number of halogens is 2. The molecule has 6 nitrogen and oxygen atoms in total. The number of aromatic nitrogens is 1. The van der Waals surface area contributed by atoms with Gasteiger partial charge in [-0.05, 0) is 36.5 Å². The average molecular weight is 449 g/mol. The molecule has 1 aliphatic rings. The highest BCUT2D eigenvalue weighted by Crippen LogP contribution is 2.32. The van der Waals surface area contributed by atoms with Crippen LogP contribution in [0, 0.1) is 0 Å². The SMILES string of the molecule is CC(=O)N1CCC(N(C(=O)Nc2ncc(Cl)cc2Cl)c2ccccc2C(C)C)CC1. The van der Waals surface area contributed by atoms with E-state index in [1.165, 1.54) is 6.20 Å². The van der Waals surface area contributed by atoms with Crippen molar-refractivity contribution in [2.45, 2.75) is 45.6 Å². The molecule has 1 aromatic carbocycles. The molecule has 160 valence electrons. The molecule has 1 aromatic heterocycles. The summed E-state index contributed by atoms with van der Waals surface area (Å²) in [5, 5.41) is 3.51. The fraction of sp³-hybridized carbons (Fsp3) is 0.409. The molecular weight excluding hydrogens is 423 g/mol. The van der Waals surface area contributed by atoms with E-state index in [4.69, 9.17) is 23.2 Å². The number of hydrogen-bond acceptors (Lipinski definition) is 3. The van der Waals surface area contributed by atoms with Crippen LogP contribution < -0.4 is 10.2 Å². The summed E-state index contributed by atoms with van der Waals surface area (Å²) in [7, 11) is 0. The third-order valence-electron chi connectivity index (χ3n) is 5.35. The Balaban J connectivity index is 1.93. The molecule has 1 N–H and O–H groups in total. The number of rotatable bonds is 4. The number of nitrogens with zero attached hydrogens (tertiary/aromatic N) is 3. The van der Waals surface area contributed by atoms with E-state index in [0.717, 1.165) is 11.3 Å². The van der Waals surface area contributed by atoms with E-state index in [-0.39, 0.29) is 34.7 Å². The van der Waals surface area contributed by atoms with Crippen molar-refractivity contribution in [1.29, 1.82) is 0 Å². The normalized spacial score (nSPS) is 14.7. The molecule has 2 aromatic rings. The zero-order valence-corrected chi connectivity index (χ0v) is 18.9. The summed E-state index contributed by atoms with van der Waals surface area (Å²) in [4.78, 5) is 32.9. The van der Waals surface area contributed by atoms with Crippen LogP contribution in [0.4, 0.5) is 16.3 Å². The van der Waals surface area contributed by atoms with Gasteiger partial charge < -0.3 is 4.90 Å². The molecule has 1 saturated heterocycles. The lowest BCUT2D eigenvalue weighted by Gasteiger charge is -2.39. The predicted molar refractivity (Wildman–Crippen MR) is 122 cm³/mol. The molecule has 3 rings (SSSR count). The predicted octanol–water partition coefficient (Wildman–Crippen LogP) is 5.56. The minimum atomic E-state index is -0.305. The highest BCUT2D eigenvalue weighted by Gasteiger charge is 2.32. The van der Waals surface area contributed by atoms with Gasteiger partial charge >= 0.3 is 6.03 Å². The van der Waals surface area contributed by atoms with Crippen molar-refractivity contribution in [2.24, 2.45) is 0 Å². The van der Waals surface area contributed by atoms with E-state index in [1.54, 1.807) is 17.9 Å². The number of urea groups is 1. The van der Waals surface area contributed by atoms with Crippen LogP contribution in [0.5, 0.6) is 0 Å². The molecule has 0 saturated carbocycles. The lowest BCUT2D eigenvalue weighted by molar-refractivity contribution is -0.129. The number of anilines is 2. The largest absolute Gasteiger partial charge is 0.343 e. The molecule has 0 spiro atoms. The molecule has 0 aliphatic carbocycles. The Morgan fingerprint density at radius 2 is 1.87 bits per heavy atom. The van der Waals surface area contributed by atoms with Crippen LogP contribution in [0.1, 0.15) is 45.1 Å². The second-order valence-corrected chi connectivity index (χ2v) is 8.58. The lowest BCUT2D eigenvalue weighted by Crippen LogP contribution is -2.50. The van der Waals surface area contributed by atoms with Crippen LogP contribution >= 0.6 is 23.2 Å². The fourth-order valence-electron chi connectivity index (χ4n) is 3.77. The fourth-order valence-corrected chi connectivity index (χ4v) is 4.20. The van der Waals surface area contributed by atoms with Gasteiger partial charge in [-0.25, -0.2) is 9.78 Å². The molecule has 0 atom stereocenters. The van der Waals surface area contributed by atoms with Gasteiger partial charge in [0.2, 0.25) is 5.91 Å². The average Bonchev–Trinajstić information content (AvgIpc) is 2.71. The molecule has 3 amide bonds. The highest BCUT2D eigenvalue weighted by atomic mass is 35.5. The molecule has 1 fully saturated rings. The van der Waals surface area contributed by atoms with Crippen molar-refractivity contribution in [2.75, 3.05) is 23.3 Å². The third-order valence-corrected chi connectivity index (χ3v) is 5.84. The number of likely N-dealkylation sites (tertiary alicyclic amines) is 1. The van der Waals surface area contributed by atoms with E-state index in [9.17, 15) is 9.59 Å². The van der Waals surface area contributed by atoms with Crippen molar-refractivity contribution < 1.29 is 9.59 Å². The first-order valence-corrected chi connectivity index (χ1v) is 10.8. The maximum atomic E-state index is 13.4. The van der Waals surface area contributed by atoms with Gasteiger partial charge in [0.05, 0.1) is 10.0 Å². The summed E-state index contributed by atoms with van der Waals surface area (Å²) in [6.45, 7) is 7.02. The second kappa shape index (κ2) is 9.67. The number of carbonyl (C=O) groups excluding carboxylic acids is 2. The van der Waals surface area contributed by atoms with Gasteiger partial charge in [0.15, 0.2) is 5.82 Å². The summed E-state index contributed by atoms with van der Waals surface area (Å²) >= 11 is 12.1. The number of pyridine rings is 1. The number of nitrogens with one attached hydrogen (secondary N) is 1. The number of amides is 3. The first kappa shape index (κ1) is 22.4. The Kier molecular flexibility index (Phi) is 7.21. The maximum Gasteiger partial charge on any atom is 0.327 e. The zero-order valence-electron chi connectivity index (χ0n) is 17.4. The summed E-state index contributed by atoms with van der Waals surface area (Å²) in [5.41, 5.74) is 1.94. The summed E-state index contributed by atoms with van der Waals surface area (Å²) < 4.78 is 0. The third kappa shape index (κ3) is 5.05. The van der Waals surface area contributed by atoms with Crippen LogP contribution in [0.3, 0.4) is 0 Å². The molecule has 0 bridgehead atoms. The quantitative estimate of drug-likeness (QED) is 0.665. The van der Waals surface area contributed by atoms with Gasteiger partial charge in [0, 0.05) is 37.9 Å². The van der Waals surface area contributed by atoms with E-state index in [1.807, 2.05) is 29.2 Å². The van der Waals surface area contributed by atoms with Gasteiger partial charge in [-0.1, -0.05) is 55.2 Å². The van der Waals surface area contributed by atoms with Crippen LogP contribution in [0.15, 0.2) is 36.5 Å². The zero-order chi connectivity index (χ0) is 21.8. The highest BCUT2D eigenvalue weighted by molar-refractivity contribution is 6.36. The van der Waals surface area contributed by atoms with Crippen LogP contribution in [0.2, 0.25) is 10.0 Å². The topological polar surface area (TPSA) is 65.5 Å². The molecule has 0 unspecified atom stereocenters. The van der Waals surface area contributed by atoms with E-state index in [0.29, 0.717) is 31.0 Å². The molecule has 8 heteroatoms. The van der Waals surface area contributed by atoms with Gasteiger partial charge in [0.1, 0.15) is 0 Å². The molecule has 30 heavy (non-hydrogen) atoms. The van der Waals surface area contributed by atoms with Gasteiger partial charge in [-0.3, -0.25) is 15.0 Å². The second-order valence-electron chi connectivity index (χ2n) is 7.73. The van der Waals surface area contributed by atoms with Crippen molar-refractivity contribution in [3.05, 3.63) is 52.1 Å². The Bertz CT molecular complexity index is 927. The Labute approximate surface area is 187 Å². The Hall–Kier alpha value is -2.31. The number of hydrogen-bond donors (Lipinski definition) is 1. The van der Waals surface area contributed by atoms with Gasteiger partial charge in [-0.2, -0.15) is 0 Å². The number of benzene rings is 1. The Morgan fingerprint density at radius 1 is 1.20 bits per heavy atom. The van der Waals surface area contributed by atoms with Crippen molar-refractivity contribution >= 4 is 46.6 Å². The smallest absolute Gasteiger partial charge is 0.327 e. The summed E-state index contributed by atoms with van der Waals surface area (Å²) in [6.07, 6.45) is 2.84. The van der Waals surface area contributed by atoms with Crippen LogP contribution in [-0.4, -0.2) is 41.0 Å². The summed E-state index contributed by atoms with van der Waals surface area (Å²) in [6, 6.07) is 9.10. The molecule has 2 heterocycles. The van der Waals surface area contributed by atoms with Gasteiger partial charge in [-0.15, -0.1) is 0 Å². The minimum Gasteiger partial charge on any atom is -0.343 e.